The Morgan fingerprint density at radius 1 is 1.06 bits per heavy atom. The van der Waals surface area contributed by atoms with Crippen molar-refractivity contribution in [2.24, 2.45) is 0 Å². The van der Waals surface area contributed by atoms with Gasteiger partial charge in [0.1, 0.15) is 12.6 Å². The third-order valence-electron chi connectivity index (χ3n) is 5.78. The van der Waals surface area contributed by atoms with Crippen molar-refractivity contribution in [3.05, 3.63) is 63.6 Å². The van der Waals surface area contributed by atoms with Crippen molar-refractivity contribution in [2.75, 3.05) is 17.1 Å². The molecule has 186 valence electrons. The van der Waals surface area contributed by atoms with E-state index >= 15 is 0 Å². The summed E-state index contributed by atoms with van der Waals surface area (Å²) in [4.78, 5) is 28.0. The summed E-state index contributed by atoms with van der Waals surface area (Å²) in [5.74, 6) is -0.740. The molecule has 2 amide bonds. The Kier molecular flexibility index (Phi) is 9.70. The Hall–Kier alpha value is -2.39. The number of carbonyl (C=O) groups is 2. The Balaban J connectivity index is 2.45. The molecule has 0 spiro atoms. The molecule has 0 bridgehead atoms. The SMILES string of the molecule is CC[C@H](C)NC(=O)[C@H](C)N(Cc1cccc(Br)c1)C(=O)CN(c1c(C)cccc1C)S(C)(=O)=O. The van der Waals surface area contributed by atoms with E-state index in [0.717, 1.165) is 38.1 Å². The molecule has 0 saturated carbocycles. The predicted octanol–water partition coefficient (Wildman–Crippen LogP) is 4.16. The fourth-order valence-electron chi connectivity index (χ4n) is 3.66. The zero-order valence-electron chi connectivity index (χ0n) is 20.6. The summed E-state index contributed by atoms with van der Waals surface area (Å²) < 4.78 is 27.5. The molecule has 0 aliphatic rings. The maximum atomic E-state index is 13.6. The van der Waals surface area contributed by atoms with Gasteiger partial charge in [0.2, 0.25) is 21.8 Å². The van der Waals surface area contributed by atoms with Gasteiger partial charge in [-0.1, -0.05) is 53.2 Å². The molecule has 2 atom stereocenters. The van der Waals surface area contributed by atoms with Crippen molar-refractivity contribution in [3.63, 3.8) is 0 Å². The van der Waals surface area contributed by atoms with Gasteiger partial charge < -0.3 is 10.2 Å². The van der Waals surface area contributed by atoms with E-state index in [1.54, 1.807) is 6.92 Å². The second kappa shape index (κ2) is 11.8. The van der Waals surface area contributed by atoms with E-state index in [0.29, 0.717) is 5.69 Å². The van der Waals surface area contributed by atoms with Crippen molar-refractivity contribution < 1.29 is 18.0 Å². The van der Waals surface area contributed by atoms with Crippen LogP contribution >= 0.6 is 15.9 Å². The van der Waals surface area contributed by atoms with Gasteiger partial charge >= 0.3 is 0 Å². The minimum absolute atomic E-state index is 0.0418. The fourth-order valence-corrected chi connectivity index (χ4v) is 5.07. The Morgan fingerprint density at radius 3 is 2.18 bits per heavy atom. The smallest absolute Gasteiger partial charge is 0.244 e. The minimum atomic E-state index is -3.76. The van der Waals surface area contributed by atoms with E-state index in [1.165, 1.54) is 4.90 Å². The van der Waals surface area contributed by atoms with Crippen molar-refractivity contribution in [2.45, 2.75) is 59.7 Å². The number of nitrogens with zero attached hydrogens (tertiary/aromatic N) is 2. The molecule has 7 nitrogen and oxygen atoms in total. The largest absolute Gasteiger partial charge is 0.352 e. The first-order valence-corrected chi connectivity index (χ1v) is 13.9. The molecule has 9 heteroatoms. The molecular formula is C25H34BrN3O4S. The zero-order valence-corrected chi connectivity index (χ0v) is 23.0. The number of para-hydroxylation sites is 1. The van der Waals surface area contributed by atoms with Crippen LogP contribution in [0.5, 0.6) is 0 Å². The van der Waals surface area contributed by atoms with Crippen molar-refractivity contribution >= 4 is 43.5 Å². The van der Waals surface area contributed by atoms with Crippen molar-refractivity contribution in [3.8, 4) is 0 Å². The van der Waals surface area contributed by atoms with Crippen LogP contribution in [0.3, 0.4) is 0 Å². The highest BCUT2D eigenvalue weighted by Gasteiger charge is 2.31. The first-order chi connectivity index (χ1) is 15.8. The number of amides is 2. The summed E-state index contributed by atoms with van der Waals surface area (Å²) in [5.41, 5.74) is 2.81. The molecule has 2 rings (SSSR count). The Morgan fingerprint density at radius 2 is 1.65 bits per heavy atom. The number of hydrogen-bond acceptors (Lipinski definition) is 4. The van der Waals surface area contributed by atoms with Crippen LogP contribution in [-0.2, 0) is 26.2 Å². The molecular weight excluding hydrogens is 518 g/mol. The van der Waals surface area contributed by atoms with E-state index < -0.39 is 28.5 Å². The average Bonchev–Trinajstić information content (AvgIpc) is 2.75. The van der Waals surface area contributed by atoms with Gasteiger partial charge in [0.25, 0.3) is 0 Å². The molecule has 0 aliphatic heterocycles. The molecule has 0 saturated heterocycles. The first-order valence-electron chi connectivity index (χ1n) is 11.2. The maximum absolute atomic E-state index is 13.6. The van der Waals surface area contributed by atoms with E-state index in [2.05, 4.69) is 21.2 Å². The lowest BCUT2D eigenvalue weighted by molar-refractivity contribution is -0.139. The number of nitrogens with one attached hydrogen (secondary N) is 1. The first kappa shape index (κ1) is 27.9. The van der Waals surface area contributed by atoms with Crippen LogP contribution in [0, 0.1) is 13.8 Å². The van der Waals surface area contributed by atoms with Gasteiger partial charge in [0, 0.05) is 17.1 Å². The van der Waals surface area contributed by atoms with Gasteiger partial charge in [-0.05, 0) is 62.9 Å². The molecule has 0 unspecified atom stereocenters. The molecule has 2 aromatic carbocycles. The van der Waals surface area contributed by atoms with Crippen LogP contribution in [-0.4, -0.2) is 50.0 Å². The van der Waals surface area contributed by atoms with E-state index in [4.69, 9.17) is 0 Å². The quantitative estimate of drug-likeness (QED) is 0.480. The second-order valence-electron chi connectivity index (χ2n) is 8.66. The Bertz CT molecular complexity index is 1120. The van der Waals surface area contributed by atoms with E-state index in [-0.39, 0.29) is 18.5 Å². The van der Waals surface area contributed by atoms with Gasteiger partial charge in [-0.15, -0.1) is 0 Å². The fraction of sp³-hybridized carbons (Fsp3) is 0.440. The van der Waals surface area contributed by atoms with Crippen LogP contribution in [0.4, 0.5) is 5.69 Å². The number of benzene rings is 2. The summed E-state index contributed by atoms with van der Waals surface area (Å²) in [5, 5.41) is 2.92. The summed E-state index contributed by atoms with van der Waals surface area (Å²) in [6, 6.07) is 12.1. The van der Waals surface area contributed by atoms with Crippen molar-refractivity contribution in [1.82, 2.24) is 10.2 Å². The normalized spacial score (nSPS) is 13.1. The molecule has 0 heterocycles. The lowest BCUT2D eigenvalue weighted by Gasteiger charge is -2.32. The monoisotopic (exact) mass is 551 g/mol. The summed E-state index contributed by atoms with van der Waals surface area (Å²) in [7, 11) is -3.76. The number of hydrogen-bond donors (Lipinski definition) is 1. The molecule has 0 fully saturated rings. The number of rotatable bonds is 10. The van der Waals surface area contributed by atoms with Gasteiger partial charge in [-0.3, -0.25) is 13.9 Å². The highest BCUT2D eigenvalue weighted by molar-refractivity contribution is 9.10. The number of sulfonamides is 1. The molecule has 0 aliphatic carbocycles. The van der Waals surface area contributed by atoms with Gasteiger partial charge in [-0.25, -0.2) is 8.42 Å². The summed E-state index contributed by atoms with van der Waals surface area (Å²) >= 11 is 3.44. The highest BCUT2D eigenvalue weighted by atomic mass is 79.9. The third-order valence-corrected chi connectivity index (χ3v) is 7.38. The highest BCUT2D eigenvalue weighted by Crippen LogP contribution is 2.27. The van der Waals surface area contributed by atoms with Crippen molar-refractivity contribution in [1.29, 1.82) is 0 Å². The lowest BCUT2D eigenvalue weighted by atomic mass is 10.1. The maximum Gasteiger partial charge on any atom is 0.244 e. The number of carbonyl (C=O) groups excluding carboxylic acids is 2. The minimum Gasteiger partial charge on any atom is -0.352 e. The molecule has 0 radical (unpaired) electrons. The molecule has 0 aromatic heterocycles. The summed E-state index contributed by atoms with van der Waals surface area (Å²) in [6.45, 7) is 8.92. The molecule has 34 heavy (non-hydrogen) atoms. The van der Waals surface area contributed by atoms with Crippen LogP contribution in [0.1, 0.15) is 43.9 Å². The second-order valence-corrected chi connectivity index (χ2v) is 11.5. The number of halogens is 1. The van der Waals surface area contributed by atoms with Gasteiger partial charge in [0.15, 0.2) is 0 Å². The van der Waals surface area contributed by atoms with E-state index in [1.807, 2.05) is 70.2 Å². The zero-order chi connectivity index (χ0) is 25.6. The topological polar surface area (TPSA) is 86.8 Å². The predicted molar refractivity (Wildman–Crippen MR) is 140 cm³/mol. The van der Waals surface area contributed by atoms with Gasteiger partial charge in [-0.2, -0.15) is 0 Å². The third kappa shape index (κ3) is 7.30. The van der Waals surface area contributed by atoms with Crippen LogP contribution in [0.2, 0.25) is 0 Å². The van der Waals surface area contributed by atoms with Crippen LogP contribution in [0.15, 0.2) is 46.9 Å². The van der Waals surface area contributed by atoms with Crippen LogP contribution < -0.4 is 9.62 Å². The van der Waals surface area contributed by atoms with Gasteiger partial charge in [0.05, 0.1) is 11.9 Å². The average molecular weight is 553 g/mol. The number of aryl methyl sites for hydroxylation is 2. The van der Waals surface area contributed by atoms with E-state index in [9.17, 15) is 18.0 Å². The lowest BCUT2D eigenvalue weighted by Crippen LogP contribution is -2.52. The standard InChI is InChI=1S/C25H34BrN3O4S/c1-7-19(4)27-25(31)20(5)28(15-21-12-9-13-22(26)14-21)23(30)16-29(34(6,32)33)24-17(2)10-8-11-18(24)3/h8-14,19-20H,7,15-16H2,1-6H3,(H,27,31)/t19-,20-/m0/s1. The van der Waals surface area contributed by atoms with Crippen LogP contribution in [0.25, 0.3) is 0 Å². The molecule has 2 aromatic rings. The Labute approximate surface area is 211 Å². The summed E-state index contributed by atoms with van der Waals surface area (Å²) in [6.07, 6.45) is 1.84. The molecule has 1 N–H and O–H groups in total. The number of anilines is 1.